The van der Waals surface area contributed by atoms with E-state index in [0.29, 0.717) is 42.6 Å². The van der Waals surface area contributed by atoms with Crippen LogP contribution in [0.1, 0.15) is 18.4 Å². The van der Waals surface area contributed by atoms with Gasteiger partial charge in [-0.1, -0.05) is 6.07 Å². The lowest BCUT2D eigenvalue weighted by atomic mass is 9.97. The van der Waals surface area contributed by atoms with Gasteiger partial charge in [-0.2, -0.15) is 4.68 Å². The Morgan fingerprint density at radius 1 is 1.15 bits per heavy atom. The highest BCUT2D eigenvalue weighted by molar-refractivity contribution is 5.79. The minimum Gasteiger partial charge on any atom is -0.497 e. The smallest absolute Gasteiger partial charge is 0.271 e. The van der Waals surface area contributed by atoms with Gasteiger partial charge in [-0.05, 0) is 55.3 Å². The second-order valence-electron chi connectivity index (χ2n) is 8.10. The highest BCUT2D eigenvalue weighted by Crippen LogP contribution is 2.25. The lowest BCUT2D eigenvalue weighted by molar-refractivity contribution is -0.125. The molecule has 1 aliphatic heterocycles. The molecule has 1 saturated heterocycles. The molecule has 1 aliphatic rings. The van der Waals surface area contributed by atoms with Crippen LogP contribution in [0.15, 0.2) is 59.4 Å². The van der Waals surface area contributed by atoms with Gasteiger partial charge in [0.05, 0.1) is 25.8 Å². The van der Waals surface area contributed by atoms with E-state index in [2.05, 4.69) is 10.4 Å². The minimum absolute atomic E-state index is 0.0620. The lowest BCUT2D eigenvalue weighted by Gasteiger charge is -2.33. The zero-order valence-corrected chi connectivity index (χ0v) is 19.2. The quantitative estimate of drug-likeness (QED) is 0.576. The second kappa shape index (κ2) is 10.4. The number of nitrogens with zero attached hydrogens (tertiary/aromatic N) is 3. The Kier molecular flexibility index (Phi) is 7.10. The molecule has 0 aliphatic carbocycles. The lowest BCUT2D eigenvalue weighted by Crippen LogP contribution is -2.43. The van der Waals surface area contributed by atoms with Crippen molar-refractivity contribution in [2.24, 2.45) is 5.92 Å². The van der Waals surface area contributed by atoms with Gasteiger partial charge in [0.1, 0.15) is 23.1 Å². The van der Waals surface area contributed by atoms with E-state index in [-0.39, 0.29) is 17.4 Å². The summed E-state index contributed by atoms with van der Waals surface area (Å²) < 4.78 is 25.5. The fourth-order valence-electron chi connectivity index (χ4n) is 4.11. The minimum atomic E-state index is -0.445. The first-order valence-electron chi connectivity index (χ1n) is 11.1. The van der Waals surface area contributed by atoms with Gasteiger partial charge in [-0.25, -0.2) is 4.39 Å². The summed E-state index contributed by atoms with van der Waals surface area (Å²) in [5, 5.41) is 7.44. The molecule has 1 aromatic heterocycles. The fraction of sp³-hybridized carbons (Fsp3) is 0.320. The topological polar surface area (TPSA) is 85.7 Å². The number of rotatable bonds is 7. The average molecular weight is 467 g/mol. The van der Waals surface area contributed by atoms with Crippen molar-refractivity contribution in [3.8, 4) is 17.2 Å². The first kappa shape index (κ1) is 23.3. The van der Waals surface area contributed by atoms with Crippen LogP contribution in [0.25, 0.3) is 5.69 Å². The van der Waals surface area contributed by atoms with E-state index in [9.17, 15) is 14.0 Å². The first-order valence-corrected chi connectivity index (χ1v) is 11.1. The number of nitrogens with one attached hydrogen (secondary N) is 1. The summed E-state index contributed by atoms with van der Waals surface area (Å²) in [5.74, 6) is 1.19. The molecule has 4 rings (SSSR count). The number of carbonyl (C=O) groups excluding carboxylic acids is 1. The Labute approximate surface area is 196 Å². The number of ether oxygens (including phenoxy) is 2. The van der Waals surface area contributed by atoms with Gasteiger partial charge in [0.2, 0.25) is 5.91 Å². The third-order valence-electron chi connectivity index (χ3n) is 5.90. The van der Waals surface area contributed by atoms with Gasteiger partial charge in [0.25, 0.3) is 5.56 Å². The highest BCUT2D eigenvalue weighted by Gasteiger charge is 2.27. The van der Waals surface area contributed by atoms with E-state index in [1.54, 1.807) is 32.4 Å². The molecule has 1 N–H and O–H groups in total. The number of anilines is 1. The SMILES string of the molecule is COc1ccc(OC)c(CNC(=O)[C@H]2CCCN(c3ccc(=O)n(-c4cccc(F)c4)n3)C2)c1. The van der Waals surface area contributed by atoms with Crippen LogP contribution in [-0.4, -0.2) is 43.0 Å². The predicted octanol–water partition coefficient (Wildman–Crippen LogP) is 2.92. The maximum atomic E-state index is 13.7. The normalized spacial score (nSPS) is 15.6. The molecule has 0 saturated carbocycles. The fourth-order valence-corrected chi connectivity index (χ4v) is 4.11. The summed E-state index contributed by atoms with van der Waals surface area (Å²) in [6, 6.07) is 14.2. The molecule has 1 atom stereocenters. The Morgan fingerprint density at radius 2 is 2.00 bits per heavy atom. The van der Waals surface area contributed by atoms with E-state index in [1.165, 1.54) is 28.9 Å². The van der Waals surface area contributed by atoms with E-state index >= 15 is 0 Å². The maximum Gasteiger partial charge on any atom is 0.271 e. The number of benzene rings is 2. The molecular formula is C25H27FN4O4. The van der Waals surface area contributed by atoms with E-state index in [0.717, 1.165) is 18.4 Å². The number of piperidine rings is 1. The standard InChI is InChI=1S/C25H27FN4O4/c1-33-21-8-9-22(34-2)18(13-21)15-27-25(32)17-5-4-12-29(16-17)23-10-11-24(31)30(28-23)20-7-3-6-19(26)14-20/h3,6-11,13-14,17H,4-5,12,15-16H2,1-2H3,(H,27,32)/t17-/m0/s1. The molecule has 2 heterocycles. The molecule has 1 fully saturated rings. The number of amides is 1. The Hall–Kier alpha value is -3.88. The van der Waals surface area contributed by atoms with Crippen LogP contribution in [0, 0.1) is 11.7 Å². The van der Waals surface area contributed by atoms with Crippen molar-refractivity contribution in [3.05, 3.63) is 76.3 Å². The summed E-state index contributed by atoms with van der Waals surface area (Å²) in [5.41, 5.74) is 0.824. The second-order valence-corrected chi connectivity index (χ2v) is 8.10. The van der Waals surface area contributed by atoms with E-state index in [1.807, 2.05) is 17.0 Å². The van der Waals surface area contributed by atoms with Crippen molar-refractivity contribution in [1.82, 2.24) is 15.1 Å². The molecule has 0 radical (unpaired) electrons. The van der Waals surface area contributed by atoms with Crippen LogP contribution in [0.2, 0.25) is 0 Å². The first-order chi connectivity index (χ1) is 16.5. The number of aromatic nitrogens is 2. The number of halogens is 1. The van der Waals surface area contributed by atoms with Gasteiger partial charge >= 0.3 is 0 Å². The van der Waals surface area contributed by atoms with Crippen LogP contribution in [-0.2, 0) is 11.3 Å². The van der Waals surface area contributed by atoms with Gasteiger partial charge in [0, 0.05) is 31.3 Å². The van der Waals surface area contributed by atoms with E-state index in [4.69, 9.17) is 9.47 Å². The molecular weight excluding hydrogens is 439 g/mol. The maximum absolute atomic E-state index is 13.7. The zero-order chi connectivity index (χ0) is 24.1. The van der Waals surface area contributed by atoms with Crippen LogP contribution in [0.4, 0.5) is 10.2 Å². The number of methoxy groups -OCH3 is 2. The van der Waals surface area contributed by atoms with E-state index < -0.39 is 5.82 Å². The monoisotopic (exact) mass is 466 g/mol. The molecule has 0 spiro atoms. The van der Waals surface area contributed by atoms with Crippen molar-refractivity contribution < 1.29 is 18.7 Å². The van der Waals surface area contributed by atoms with Gasteiger partial charge < -0.3 is 19.7 Å². The summed E-state index contributed by atoms with van der Waals surface area (Å²) in [6.07, 6.45) is 1.56. The van der Waals surface area contributed by atoms with Crippen molar-refractivity contribution in [1.29, 1.82) is 0 Å². The predicted molar refractivity (Wildman–Crippen MR) is 126 cm³/mol. The number of hydrogen-bond donors (Lipinski definition) is 1. The van der Waals surface area contributed by atoms with Gasteiger partial charge in [-0.3, -0.25) is 9.59 Å². The van der Waals surface area contributed by atoms with Crippen molar-refractivity contribution in [3.63, 3.8) is 0 Å². The molecule has 9 heteroatoms. The average Bonchev–Trinajstić information content (AvgIpc) is 2.87. The Bertz CT molecular complexity index is 1230. The number of carbonyl (C=O) groups is 1. The molecule has 0 unspecified atom stereocenters. The van der Waals surface area contributed by atoms with Crippen LogP contribution < -0.4 is 25.2 Å². The molecule has 3 aromatic rings. The third kappa shape index (κ3) is 5.19. The van der Waals surface area contributed by atoms with Gasteiger partial charge in [0.15, 0.2) is 0 Å². The zero-order valence-electron chi connectivity index (χ0n) is 19.2. The van der Waals surface area contributed by atoms with Gasteiger partial charge in [-0.15, -0.1) is 5.10 Å². The summed E-state index contributed by atoms with van der Waals surface area (Å²) in [7, 11) is 3.18. The molecule has 178 valence electrons. The Morgan fingerprint density at radius 3 is 2.76 bits per heavy atom. The highest BCUT2D eigenvalue weighted by atomic mass is 19.1. The van der Waals surface area contributed by atoms with Crippen molar-refractivity contribution in [2.75, 3.05) is 32.2 Å². The molecule has 8 nitrogen and oxygen atoms in total. The number of hydrogen-bond acceptors (Lipinski definition) is 6. The Balaban J connectivity index is 1.46. The molecule has 2 aromatic carbocycles. The van der Waals surface area contributed by atoms with Crippen LogP contribution in [0.3, 0.4) is 0 Å². The van der Waals surface area contributed by atoms with Crippen molar-refractivity contribution >= 4 is 11.7 Å². The molecule has 1 amide bonds. The third-order valence-corrected chi connectivity index (χ3v) is 5.90. The summed E-state index contributed by atoms with van der Waals surface area (Å²) in [6.45, 7) is 1.50. The molecule has 34 heavy (non-hydrogen) atoms. The largest absolute Gasteiger partial charge is 0.497 e. The molecule has 0 bridgehead atoms. The van der Waals surface area contributed by atoms with Crippen LogP contribution >= 0.6 is 0 Å². The summed E-state index contributed by atoms with van der Waals surface area (Å²) in [4.78, 5) is 27.3. The van der Waals surface area contributed by atoms with Crippen LogP contribution in [0.5, 0.6) is 11.5 Å². The van der Waals surface area contributed by atoms with Crippen molar-refractivity contribution in [2.45, 2.75) is 19.4 Å². The summed E-state index contributed by atoms with van der Waals surface area (Å²) >= 11 is 0.